The fourth-order valence-electron chi connectivity index (χ4n) is 2.86. The fraction of sp³-hybridized carbons (Fsp3) is 0.300. The highest BCUT2D eigenvalue weighted by molar-refractivity contribution is 9.10. The van der Waals surface area contributed by atoms with Crippen LogP contribution in [0.2, 0.25) is 0 Å². The molecule has 1 aromatic heterocycles. The number of hydrogen-bond acceptors (Lipinski definition) is 3. The second kappa shape index (κ2) is 8.49. The van der Waals surface area contributed by atoms with Crippen molar-refractivity contribution in [2.24, 2.45) is 0 Å². The van der Waals surface area contributed by atoms with Gasteiger partial charge in [-0.1, -0.05) is 47.1 Å². The van der Waals surface area contributed by atoms with Gasteiger partial charge in [-0.3, -0.25) is 4.55 Å². The van der Waals surface area contributed by atoms with Gasteiger partial charge in [0, 0.05) is 15.4 Å². The zero-order chi connectivity index (χ0) is 22.1. The van der Waals surface area contributed by atoms with Gasteiger partial charge in [-0.25, -0.2) is 0 Å². The average molecular weight is 493 g/mol. The van der Waals surface area contributed by atoms with E-state index in [1.165, 1.54) is 43.2 Å². The minimum atomic E-state index is -5.84. The molecule has 9 heteroatoms. The Kier molecular flexibility index (Phi) is 6.86. The molecule has 0 bridgehead atoms. The largest absolute Gasteiger partial charge is 0.522 e. The van der Waals surface area contributed by atoms with Crippen LogP contribution in [0.3, 0.4) is 0 Å². The molecular weight excluding hydrogens is 473 g/mol. The average Bonchev–Trinajstić information content (AvgIpc) is 3.09. The van der Waals surface area contributed by atoms with E-state index in [4.69, 9.17) is 17.4 Å². The molecule has 0 fully saturated rings. The van der Waals surface area contributed by atoms with Gasteiger partial charge in [-0.2, -0.15) is 21.6 Å². The molecule has 0 amide bonds. The van der Waals surface area contributed by atoms with Crippen LogP contribution in [0.15, 0.2) is 39.4 Å². The third-order valence-electron chi connectivity index (χ3n) is 4.69. The first-order chi connectivity index (χ1) is 13.3. The topological polar surface area (TPSA) is 67.5 Å². The second-order valence-corrected chi connectivity index (χ2v) is 8.72. The maximum Gasteiger partial charge on any atom is 0.522 e. The molecule has 3 aromatic rings. The number of fused-ring (bicyclic) bond motifs is 1. The Morgan fingerprint density at radius 3 is 2.00 bits per heavy atom. The van der Waals surface area contributed by atoms with E-state index in [0.717, 1.165) is 12.0 Å². The van der Waals surface area contributed by atoms with Gasteiger partial charge in [0.15, 0.2) is 0 Å². The lowest BCUT2D eigenvalue weighted by atomic mass is 9.96. The first-order valence-corrected chi connectivity index (χ1v) is 10.8. The Bertz CT molecular complexity index is 1130. The van der Waals surface area contributed by atoms with Crippen molar-refractivity contribution in [2.75, 3.05) is 0 Å². The Hall–Kier alpha value is -1.84. The summed E-state index contributed by atoms with van der Waals surface area (Å²) in [5.41, 5.74) is 2.92. The summed E-state index contributed by atoms with van der Waals surface area (Å²) in [6, 6.07) is 8.76. The van der Waals surface area contributed by atoms with Gasteiger partial charge in [0.25, 0.3) is 0 Å². The van der Waals surface area contributed by atoms with Crippen molar-refractivity contribution in [1.82, 2.24) is 0 Å². The van der Waals surface area contributed by atoms with Crippen molar-refractivity contribution in [3.05, 3.63) is 57.3 Å². The molecule has 1 N–H and O–H groups in total. The van der Waals surface area contributed by atoms with Gasteiger partial charge >= 0.3 is 15.6 Å². The van der Waals surface area contributed by atoms with E-state index in [-0.39, 0.29) is 0 Å². The molecular formula is C20H20BrF3O4S. The molecule has 0 atom stereocenters. The lowest BCUT2D eigenvalue weighted by Gasteiger charge is -2.10. The molecule has 2 aromatic carbocycles. The smallest absolute Gasteiger partial charge is 0.463 e. The van der Waals surface area contributed by atoms with E-state index in [1.54, 1.807) is 0 Å². The zero-order valence-corrected chi connectivity index (χ0v) is 18.6. The predicted octanol–water partition coefficient (Wildman–Crippen LogP) is 6.74. The van der Waals surface area contributed by atoms with E-state index < -0.39 is 15.6 Å². The summed E-state index contributed by atoms with van der Waals surface area (Å²) in [4.78, 5) is 0. The lowest BCUT2D eigenvalue weighted by molar-refractivity contribution is -0.0510. The number of hydrogen-bond donors (Lipinski definition) is 1. The molecule has 0 aliphatic carbocycles. The molecule has 3 rings (SSSR count). The molecule has 0 radical (unpaired) electrons. The minimum Gasteiger partial charge on any atom is -0.463 e. The van der Waals surface area contributed by atoms with Crippen molar-refractivity contribution in [1.29, 1.82) is 0 Å². The standard InChI is InChI=1S/C19H19BrO.CHF3O3S/c1-5-14-6-8-15(9-7-14)16-10-21-19-12(3)11(2)18(20)13(4)17(16)19;2-1(3,4)8(5,6)7/h6-10H,5H2,1-4H3;(H,5,6,7). The van der Waals surface area contributed by atoms with Crippen LogP contribution in [0.1, 0.15) is 29.2 Å². The summed E-state index contributed by atoms with van der Waals surface area (Å²) in [6.45, 7) is 8.58. The highest BCUT2D eigenvalue weighted by atomic mass is 79.9. The molecule has 0 saturated heterocycles. The quantitative estimate of drug-likeness (QED) is 0.317. The van der Waals surface area contributed by atoms with Crippen molar-refractivity contribution >= 4 is 37.0 Å². The van der Waals surface area contributed by atoms with Crippen molar-refractivity contribution < 1.29 is 30.6 Å². The van der Waals surface area contributed by atoms with E-state index in [2.05, 4.69) is 67.9 Å². The van der Waals surface area contributed by atoms with E-state index in [0.29, 0.717) is 0 Å². The van der Waals surface area contributed by atoms with Crippen LogP contribution in [0, 0.1) is 20.8 Å². The van der Waals surface area contributed by atoms with Crippen molar-refractivity contribution in [2.45, 2.75) is 39.6 Å². The molecule has 0 aliphatic rings. The molecule has 1 heterocycles. The predicted molar refractivity (Wildman–Crippen MR) is 111 cm³/mol. The van der Waals surface area contributed by atoms with Crippen LogP contribution in [0.4, 0.5) is 13.2 Å². The monoisotopic (exact) mass is 492 g/mol. The van der Waals surface area contributed by atoms with Crippen molar-refractivity contribution in [3.8, 4) is 11.1 Å². The van der Waals surface area contributed by atoms with Crippen molar-refractivity contribution in [3.63, 3.8) is 0 Å². The van der Waals surface area contributed by atoms with Crippen LogP contribution in [-0.4, -0.2) is 18.5 Å². The Labute approximate surface area is 175 Å². The van der Waals surface area contributed by atoms with Gasteiger partial charge in [-0.05, 0) is 55.0 Å². The number of benzene rings is 2. The van der Waals surface area contributed by atoms with Crippen LogP contribution in [0.25, 0.3) is 22.1 Å². The fourth-order valence-corrected chi connectivity index (χ4v) is 3.36. The second-order valence-electron chi connectivity index (χ2n) is 6.51. The SMILES string of the molecule is CCc1ccc(-c2coc3c(C)c(C)c(Br)c(C)c23)cc1.O=S(=O)(O)C(F)(F)F. The van der Waals surface area contributed by atoms with Gasteiger partial charge in [-0.15, -0.1) is 0 Å². The molecule has 29 heavy (non-hydrogen) atoms. The number of alkyl halides is 3. The summed E-state index contributed by atoms with van der Waals surface area (Å²) in [6.07, 6.45) is 2.95. The maximum atomic E-state index is 10.7. The first-order valence-electron chi connectivity index (χ1n) is 8.59. The number of halogens is 4. The number of furan rings is 1. The van der Waals surface area contributed by atoms with Gasteiger partial charge in [0.1, 0.15) is 5.58 Å². The minimum absolute atomic E-state index is 1.00. The van der Waals surface area contributed by atoms with E-state index in [9.17, 15) is 13.2 Å². The summed E-state index contributed by atoms with van der Waals surface area (Å²) >= 11 is 3.72. The summed E-state index contributed by atoms with van der Waals surface area (Å²) in [5.74, 6) is 0. The van der Waals surface area contributed by atoms with Gasteiger partial charge in [0.2, 0.25) is 0 Å². The molecule has 0 unspecified atom stereocenters. The molecule has 0 saturated carbocycles. The molecule has 4 nitrogen and oxygen atoms in total. The molecule has 158 valence electrons. The Morgan fingerprint density at radius 2 is 1.55 bits per heavy atom. The van der Waals surface area contributed by atoms with Crippen LogP contribution in [0.5, 0.6) is 0 Å². The van der Waals surface area contributed by atoms with Crippen LogP contribution >= 0.6 is 15.9 Å². The Morgan fingerprint density at radius 1 is 1.03 bits per heavy atom. The van der Waals surface area contributed by atoms with E-state index in [1.807, 2.05) is 6.26 Å². The van der Waals surface area contributed by atoms with Gasteiger partial charge < -0.3 is 4.42 Å². The normalized spacial score (nSPS) is 12.0. The van der Waals surface area contributed by atoms with Crippen LogP contribution < -0.4 is 0 Å². The lowest BCUT2D eigenvalue weighted by Crippen LogP contribution is -2.21. The summed E-state index contributed by atoms with van der Waals surface area (Å²) in [7, 11) is -5.84. The number of aryl methyl sites for hydroxylation is 3. The van der Waals surface area contributed by atoms with E-state index >= 15 is 0 Å². The molecule has 0 spiro atoms. The highest BCUT2D eigenvalue weighted by Gasteiger charge is 2.44. The highest BCUT2D eigenvalue weighted by Crippen LogP contribution is 2.39. The third kappa shape index (κ3) is 4.84. The Balaban J connectivity index is 0.000000321. The summed E-state index contributed by atoms with van der Waals surface area (Å²) in [5, 5.41) is 1.22. The number of rotatable bonds is 2. The van der Waals surface area contributed by atoms with Crippen LogP contribution in [-0.2, 0) is 16.5 Å². The maximum absolute atomic E-state index is 10.7. The third-order valence-corrected chi connectivity index (χ3v) is 6.47. The first kappa shape index (κ1) is 23.4. The summed E-state index contributed by atoms with van der Waals surface area (Å²) < 4.78 is 64.6. The zero-order valence-electron chi connectivity index (χ0n) is 16.2. The van der Waals surface area contributed by atoms with Gasteiger partial charge in [0.05, 0.1) is 6.26 Å². The molecule has 0 aliphatic heterocycles.